The lowest BCUT2D eigenvalue weighted by molar-refractivity contribution is -0.00000729. The fourth-order valence-electron chi connectivity index (χ4n) is 3.65. The zero-order valence-electron chi connectivity index (χ0n) is 14.4. The second kappa shape index (κ2) is 7.69. The van der Waals surface area contributed by atoms with Crippen molar-refractivity contribution in [1.29, 1.82) is 0 Å². The first kappa shape index (κ1) is 18.3. The zero-order chi connectivity index (χ0) is 15.7. The number of benzene rings is 1. The van der Waals surface area contributed by atoms with E-state index < -0.39 is 0 Å². The molecule has 0 spiro atoms. The van der Waals surface area contributed by atoms with Crippen molar-refractivity contribution in [2.75, 3.05) is 19.6 Å². The summed E-state index contributed by atoms with van der Waals surface area (Å²) in [7, 11) is 0. The number of fused-ring (bicyclic) bond motifs is 1. The molecule has 1 saturated heterocycles. The molecule has 1 aromatic carbocycles. The summed E-state index contributed by atoms with van der Waals surface area (Å²) < 4.78 is 2.28. The standard InChI is InChI=1S/C19H28N2O.ClH/c1-14-8-10-20(11-9-14)12-17(22)13-21-16(3)15(2)18-6-4-5-7-19(18)21;/h4-7,14,17,22H,8-13H2,1-3H3;1H/p-1. The fraction of sp³-hybridized carbons (Fsp3) is 0.579. The minimum Gasteiger partial charge on any atom is -1.00 e. The van der Waals surface area contributed by atoms with E-state index in [0.29, 0.717) is 6.54 Å². The molecule has 0 saturated carbocycles. The molecule has 1 aliphatic rings. The first-order valence-electron chi connectivity index (χ1n) is 8.51. The number of rotatable bonds is 4. The maximum Gasteiger partial charge on any atom is 0.0845 e. The highest BCUT2D eigenvalue weighted by Crippen LogP contribution is 2.25. The van der Waals surface area contributed by atoms with Gasteiger partial charge in [0, 0.05) is 23.1 Å². The summed E-state index contributed by atoms with van der Waals surface area (Å²) >= 11 is 0. The lowest BCUT2D eigenvalue weighted by Crippen LogP contribution is -3.00. The van der Waals surface area contributed by atoms with Gasteiger partial charge in [0.2, 0.25) is 0 Å². The summed E-state index contributed by atoms with van der Waals surface area (Å²) in [4.78, 5) is 2.42. The number of aryl methyl sites for hydroxylation is 1. The number of aliphatic hydroxyl groups excluding tert-OH is 1. The van der Waals surface area contributed by atoms with Crippen molar-refractivity contribution < 1.29 is 17.5 Å². The largest absolute Gasteiger partial charge is 1.00 e. The molecule has 4 heteroatoms. The van der Waals surface area contributed by atoms with E-state index in [1.54, 1.807) is 0 Å². The van der Waals surface area contributed by atoms with Crippen molar-refractivity contribution in [3.05, 3.63) is 35.5 Å². The third kappa shape index (κ3) is 3.90. The third-order valence-electron chi connectivity index (χ3n) is 5.28. The molecule has 3 nitrogen and oxygen atoms in total. The predicted molar refractivity (Wildman–Crippen MR) is 92.3 cm³/mol. The van der Waals surface area contributed by atoms with Crippen LogP contribution in [0.2, 0.25) is 0 Å². The van der Waals surface area contributed by atoms with Crippen molar-refractivity contribution in [1.82, 2.24) is 9.47 Å². The molecule has 0 bridgehead atoms. The topological polar surface area (TPSA) is 28.4 Å². The van der Waals surface area contributed by atoms with E-state index in [0.717, 1.165) is 25.6 Å². The molecule has 3 rings (SSSR count). The van der Waals surface area contributed by atoms with E-state index in [4.69, 9.17) is 0 Å². The first-order valence-corrected chi connectivity index (χ1v) is 8.51. The molecule has 0 radical (unpaired) electrons. The Morgan fingerprint density at radius 1 is 1.13 bits per heavy atom. The molecular formula is C19H28ClN2O-. The minimum absolute atomic E-state index is 0. The Kier molecular flexibility index (Phi) is 6.12. The molecule has 23 heavy (non-hydrogen) atoms. The number of likely N-dealkylation sites (tertiary alicyclic amines) is 1. The van der Waals surface area contributed by atoms with E-state index in [2.05, 4.69) is 54.5 Å². The van der Waals surface area contributed by atoms with Crippen LogP contribution in [0.5, 0.6) is 0 Å². The molecule has 1 N–H and O–H groups in total. The SMILES string of the molecule is Cc1c(C)n(CC(O)CN2CCC(C)CC2)c2ccccc12.[Cl-]. The van der Waals surface area contributed by atoms with E-state index >= 15 is 0 Å². The van der Waals surface area contributed by atoms with Gasteiger partial charge in [0.1, 0.15) is 0 Å². The van der Waals surface area contributed by atoms with Crippen LogP contribution in [0.3, 0.4) is 0 Å². The van der Waals surface area contributed by atoms with E-state index in [1.807, 2.05) is 0 Å². The molecule has 1 atom stereocenters. The lowest BCUT2D eigenvalue weighted by Gasteiger charge is -2.31. The highest BCUT2D eigenvalue weighted by Gasteiger charge is 2.20. The second-order valence-electron chi connectivity index (χ2n) is 6.98. The number of para-hydroxylation sites is 1. The van der Waals surface area contributed by atoms with E-state index in [9.17, 15) is 5.11 Å². The average molecular weight is 336 g/mol. The lowest BCUT2D eigenvalue weighted by atomic mass is 9.99. The van der Waals surface area contributed by atoms with Gasteiger partial charge in [-0.05, 0) is 57.3 Å². The molecule has 1 unspecified atom stereocenters. The molecule has 0 amide bonds. The highest BCUT2D eigenvalue weighted by atomic mass is 35.5. The number of nitrogens with zero attached hydrogens (tertiary/aromatic N) is 2. The van der Waals surface area contributed by atoms with Crippen LogP contribution >= 0.6 is 0 Å². The Morgan fingerprint density at radius 2 is 1.78 bits per heavy atom. The zero-order valence-corrected chi connectivity index (χ0v) is 15.2. The Labute approximate surface area is 145 Å². The molecule has 1 aromatic heterocycles. The van der Waals surface area contributed by atoms with Gasteiger partial charge in [0.15, 0.2) is 0 Å². The van der Waals surface area contributed by atoms with Crippen LogP contribution in [-0.2, 0) is 6.54 Å². The van der Waals surface area contributed by atoms with E-state index in [-0.39, 0.29) is 18.5 Å². The quantitative estimate of drug-likeness (QED) is 0.873. The number of piperidine rings is 1. The molecule has 1 fully saturated rings. The average Bonchev–Trinajstić information content (AvgIpc) is 2.75. The summed E-state index contributed by atoms with van der Waals surface area (Å²) in [6.45, 7) is 10.4. The van der Waals surface area contributed by atoms with Crippen LogP contribution in [0.4, 0.5) is 0 Å². The van der Waals surface area contributed by atoms with E-state index in [1.165, 1.54) is 35.0 Å². The summed E-state index contributed by atoms with van der Waals surface area (Å²) in [6, 6.07) is 8.50. The van der Waals surface area contributed by atoms with Crippen molar-refractivity contribution >= 4 is 10.9 Å². The van der Waals surface area contributed by atoms with Crippen LogP contribution in [0.25, 0.3) is 10.9 Å². The number of β-amino-alcohol motifs (C(OH)–C–C–N with tert-alkyl or cyclic N) is 1. The molecule has 0 aliphatic carbocycles. The second-order valence-corrected chi connectivity index (χ2v) is 6.98. The van der Waals surface area contributed by atoms with Gasteiger partial charge in [-0.3, -0.25) is 0 Å². The van der Waals surface area contributed by atoms with Gasteiger partial charge < -0.3 is 27.0 Å². The molecule has 1 aliphatic heterocycles. The number of hydrogen-bond donors (Lipinski definition) is 1. The summed E-state index contributed by atoms with van der Waals surface area (Å²) in [5.41, 5.74) is 3.84. The van der Waals surface area contributed by atoms with Crippen LogP contribution in [0.1, 0.15) is 31.0 Å². The van der Waals surface area contributed by atoms with Gasteiger partial charge >= 0.3 is 0 Å². The van der Waals surface area contributed by atoms with Gasteiger partial charge in [-0.1, -0.05) is 25.1 Å². The van der Waals surface area contributed by atoms with Crippen LogP contribution in [-0.4, -0.2) is 40.3 Å². The fourth-order valence-corrected chi connectivity index (χ4v) is 3.65. The van der Waals surface area contributed by atoms with Crippen molar-refractivity contribution in [3.8, 4) is 0 Å². The molecule has 2 heterocycles. The maximum absolute atomic E-state index is 10.6. The van der Waals surface area contributed by atoms with Crippen molar-refractivity contribution in [2.24, 2.45) is 5.92 Å². The molecule has 2 aromatic rings. The monoisotopic (exact) mass is 335 g/mol. The minimum atomic E-state index is -0.303. The van der Waals surface area contributed by atoms with Gasteiger partial charge in [-0.25, -0.2) is 0 Å². The van der Waals surface area contributed by atoms with Gasteiger partial charge in [-0.15, -0.1) is 0 Å². The van der Waals surface area contributed by atoms with Crippen molar-refractivity contribution in [2.45, 2.75) is 46.3 Å². The summed E-state index contributed by atoms with van der Waals surface area (Å²) in [5.74, 6) is 0.840. The Morgan fingerprint density at radius 3 is 2.48 bits per heavy atom. The van der Waals surface area contributed by atoms with Crippen LogP contribution in [0, 0.1) is 19.8 Å². The van der Waals surface area contributed by atoms with Gasteiger partial charge in [-0.2, -0.15) is 0 Å². The number of aromatic nitrogens is 1. The Bertz CT molecular complexity index is 644. The Hall–Kier alpha value is -1.03. The van der Waals surface area contributed by atoms with Gasteiger partial charge in [0.25, 0.3) is 0 Å². The van der Waals surface area contributed by atoms with Crippen LogP contribution < -0.4 is 12.4 Å². The van der Waals surface area contributed by atoms with Crippen molar-refractivity contribution in [3.63, 3.8) is 0 Å². The predicted octanol–water partition coefficient (Wildman–Crippen LogP) is 0.355. The van der Waals surface area contributed by atoms with Gasteiger partial charge in [0.05, 0.1) is 12.6 Å². The molecular weight excluding hydrogens is 308 g/mol. The highest BCUT2D eigenvalue weighted by molar-refractivity contribution is 5.85. The maximum atomic E-state index is 10.6. The normalized spacial score (nSPS) is 18.1. The molecule has 128 valence electrons. The smallest absolute Gasteiger partial charge is 0.0845 e. The summed E-state index contributed by atoms with van der Waals surface area (Å²) in [5, 5.41) is 11.9. The van der Waals surface area contributed by atoms with Crippen LogP contribution in [0.15, 0.2) is 24.3 Å². The Balaban J connectivity index is 0.00000192. The summed E-state index contributed by atoms with van der Waals surface area (Å²) in [6.07, 6.45) is 2.22. The number of halogens is 1. The number of hydrogen-bond acceptors (Lipinski definition) is 2. The number of aliphatic hydroxyl groups is 1. The third-order valence-corrected chi connectivity index (χ3v) is 5.28. The first-order chi connectivity index (χ1) is 10.6.